The molecular formula is C13H18N2O5S2. The highest BCUT2D eigenvalue weighted by molar-refractivity contribution is 7.94. The Balaban J connectivity index is 2.50. The molecule has 0 aliphatic carbocycles. The van der Waals surface area contributed by atoms with Gasteiger partial charge in [-0.25, -0.2) is 25.9 Å². The lowest BCUT2D eigenvalue weighted by Crippen LogP contribution is -2.30. The number of nitrogens with zero attached hydrogens (tertiary/aromatic N) is 1. The summed E-state index contributed by atoms with van der Waals surface area (Å²) in [7, 11) is -7.46. The van der Waals surface area contributed by atoms with E-state index in [2.05, 4.69) is 4.72 Å². The lowest BCUT2D eigenvalue weighted by Gasteiger charge is -2.17. The molecule has 1 aliphatic heterocycles. The highest BCUT2D eigenvalue weighted by Crippen LogP contribution is 2.28. The third-order valence-electron chi connectivity index (χ3n) is 3.32. The molecule has 122 valence electrons. The van der Waals surface area contributed by atoms with Gasteiger partial charge in [0.2, 0.25) is 26.0 Å². The zero-order chi connectivity index (χ0) is 16.5. The largest absolute Gasteiger partial charge is 0.273 e. The Bertz CT molecular complexity index is 800. The maximum atomic E-state index is 12.3. The molecule has 1 saturated heterocycles. The summed E-state index contributed by atoms with van der Waals surface area (Å²) >= 11 is 0. The molecule has 0 bridgehead atoms. The molecule has 0 radical (unpaired) electrons. The van der Waals surface area contributed by atoms with Crippen molar-refractivity contribution in [2.24, 2.45) is 0 Å². The number of carbonyl (C=O) groups is 1. The van der Waals surface area contributed by atoms with Gasteiger partial charge < -0.3 is 0 Å². The molecule has 1 amide bonds. The van der Waals surface area contributed by atoms with Crippen LogP contribution in [-0.2, 0) is 24.8 Å². The first-order chi connectivity index (χ1) is 10.2. The second kappa shape index (κ2) is 5.98. The second-order valence-electron chi connectivity index (χ2n) is 5.07. The number of sulfonamides is 2. The molecule has 0 spiro atoms. The molecule has 9 heteroatoms. The van der Waals surface area contributed by atoms with Gasteiger partial charge in [0, 0.05) is 13.0 Å². The van der Waals surface area contributed by atoms with Gasteiger partial charge in [0.15, 0.2) is 0 Å². The zero-order valence-electron chi connectivity index (χ0n) is 12.4. The molecule has 1 aromatic carbocycles. The molecule has 7 nitrogen and oxygen atoms in total. The molecule has 0 saturated carbocycles. The van der Waals surface area contributed by atoms with Crippen LogP contribution in [0, 0.1) is 6.92 Å². The molecule has 0 unspecified atom stereocenters. The van der Waals surface area contributed by atoms with E-state index in [9.17, 15) is 21.6 Å². The molecule has 1 aromatic rings. The minimum atomic E-state index is -3.74. The topological polar surface area (TPSA) is 101 Å². The molecule has 22 heavy (non-hydrogen) atoms. The van der Waals surface area contributed by atoms with Crippen LogP contribution in [0.1, 0.15) is 25.3 Å². The Labute approximate surface area is 130 Å². The normalized spacial score (nSPS) is 17.9. The summed E-state index contributed by atoms with van der Waals surface area (Å²) < 4.78 is 51.5. The van der Waals surface area contributed by atoms with Crippen LogP contribution in [-0.4, -0.2) is 35.0 Å². The standard InChI is InChI=1S/C13H18N2O5S2/c1-3-7-14-22(19,20)12-9-11(5-4-10(12)2)15-13(16)6-8-21(15,17)18/h4-5,9,14H,3,6-8H2,1-2H3. The summed E-state index contributed by atoms with van der Waals surface area (Å²) in [5, 5.41) is 0. The van der Waals surface area contributed by atoms with E-state index in [1.165, 1.54) is 18.2 Å². The highest BCUT2D eigenvalue weighted by atomic mass is 32.2. The van der Waals surface area contributed by atoms with Crippen LogP contribution in [0.2, 0.25) is 0 Å². The van der Waals surface area contributed by atoms with Gasteiger partial charge >= 0.3 is 0 Å². The van der Waals surface area contributed by atoms with Crippen LogP contribution in [0.15, 0.2) is 23.1 Å². The first kappa shape index (κ1) is 16.9. The number of carbonyl (C=O) groups excluding carboxylic acids is 1. The van der Waals surface area contributed by atoms with Crippen molar-refractivity contribution in [1.29, 1.82) is 0 Å². The van der Waals surface area contributed by atoms with E-state index in [1.54, 1.807) is 6.92 Å². The maximum absolute atomic E-state index is 12.3. The summed E-state index contributed by atoms with van der Waals surface area (Å²) in [6.45, 7) is 3.73. The van der Waals surface area contributed by atoms with E-state index in [0.717, 1.165) is 0 Å². The predicted molar refractivity (Wildman–Crippen MR) is 82.5 cm³/mol. The molecule has 1 heterocycles. The fraction of sp³-hybridized carbons (Fsp3) is 0.462. The first-order valence-corrected chi connectivity index (χ1v) is 9.94. The van der Waals surface area contributed by atoms with Crippen LogP contribution in [0.25, 0.3) is 0 Å². The number of anilines is 1. The average Bonchev–Trinajstić information content (AvgIpc) is 2.71. The van der Waals surface area contributed by atoms with Crippen molar-refractivity contribution in [3.05, 3.63) is 23.8 Å². The number of hydrogen-bond donors (Lipinski definition) is 1. The molecule has 0 aromatic heterocycles. The molecule has 0 atom stereocenters. The Morgan fingerprint density at radius 3 is 2.55 bits per heavy atom. The summed E-state index contributed by atoms with van der Waals surface area (Å²) in [5.41, 5.74) is 0.543. The highest BCUT2D eigenvalue weighted by Gasteiger charge is 2.36. The van der Waals surface area contributed by atoms with E-state index in [1.807, 2.05) is 6.92 Å². The van der Waals surface area contributed by atoms with Crippen LogP contribution in [0.5, 0.6) is 0 Å². The smallest absolute Gasteiger partial charge is 0.242 e. The number of amides is 1. The maximum Gasteiger partial charge on any atom is 0.242 e. The van der Waals surface area contributed by atoms with E-state index in [4.69, 9.17) is 0 Å². The first-order valence-electron chi connectivity index (χ1n) is 6.85. The Morgan fingerprint density at radius 2 is 2.00 bits per heavy atom. The molecule has 1 N–H and O–H groups in total. The zero-order valence-corrected chi connectivity index (χ0v) is 14.0. The summed E-state index contributed by atoms with van der Waals surface area (Å²) in [6, 6.07) is 4.17. The third kappa shape index (κ3) is 3.16. The van der Waals surface area contributed by atoms with Crippen molar-refractivity contribution in [2.45, 2.75) is 31.6 Å². The summed E-state index contributed by atoms with van der Waals surface area (Å²) in [4.78, 5) is 11.8. The minimum absolute atomic E-state index is 0.0200. The SMILES string of the molecule is CCCNS(=O)(=O)c1cc(N2C(=O)CCS2(=O)=O)ccc1C. The van der Waals surface area contributed by atoms with Gasteiger partial charge in [-0.1, -0.05) is 13.0 Å². The van der Waals surface area contributed by atoms with Crippen molar-refractivity contribution in [3.63, 3.8) is 0 Å². The molecule has 1 aliphatic rings. The fourth-order valence-corrected chi connectivity index (χ4v) is 5.04. The van der Waals surface area contributed by atoms with Crippen molar-refractivity contribution in [2.75, 3.05) is 16.6 Å². The summed E-state index contributed by atoms with van der Waals surface area (Å²) in [5.74, 6) is -0.802. The Kier molecular flexibility index (Phi) is 4.59. The predicted octanol–water partition coefficient (Wildman–Crippen LogP) is 0.750. The van der Waals surface area contributed by atoms with Gasteiger partial charge in [-0.2, -0.15) is 0 Å². The third-order valence-corrected chi connectivity index (χ3v) is 6.61. The van der Waals surface area contributed by atoms with E-state index >= 15 is 0 Å². The molecule has 1 fully saturated rings. The Morgan fingerprint density at radius 1 is 1.32 bits per heavy atom. The van der Waals surface area contributed by atoms with Crippen molar-refractivity contribution >= 4 is 31.6 Å². The van der Waals surface area contributed by atoms with Gasteiger partial charge in [-0.05, 0) is 31.0 Å². The van der Waals surface area contributed by atoms with E-state index in [0.29, 0.717) is 16.3 Å². The quantitative estimate of drug-likeness (QED) is 0.848. The van der Waals surface area contributed by atoms with E-state index in [-0.39, 0.29) is 29.3 Å². The molecular weight excluding hydrogens is 328 g/mol. The fourth-order valence-electron chi connectivity index (χ4n) is 2.19. The lowest BCUT2D eigenvalue weighted by molar-refractivity contribution is -0.116. The summed E-state index contributed by atoms with van der Waals surface area (Å²) in [6.07, 6.45) is 0.545. The number of hydrogen-bond acceptors (Lipinski definition) is 5. The lowest BCUT2D eigenvalue weighted by atomic mass is 10.2. The van der Waals surface area contributed by atoms with E-state index < -0.39 is 26.0 Å². The van der Waals surface area contributed by atoms with Crippen LogP contribution in [0.3, 0.4) is 0 Å². The number of benzene rings is 1. The van der Waals surface area contributed by atoms with Crippen LogP contribution in [0.4, 0.5) is 5.69 Å². The molecule has 2 rings (SSSR count). The van der Waals surface area contributed by atoms with Crippen molar-refractivity contribution in [3.8, 4) is 0 Å². The average molecular weight is 346 g/mol. The second-order valence-corrected chi connectivity index (χ2v) is 8.74. The Hall–Kier alpha value is -1.45. The van der Waals surface area contributed by atoms with Gasteiger partial charge in [0.25, 0.3) is 0 Å². The van der Waals surface area contributed by atoms with Gasteiger partial charge in [-0.15, -0.1) is 0 Å². The number of aryl methyl sites for hydroxylation is 1. The minimum Gasteiger partial charge on any atom is -0.273 e. The van der Waals surface area contributed by atoms with Crippen molar-refractivity contribution < 1.29 is 21.6 Å². The monoisotopic (exact) mass is 346 g/mol. The van der Waals surface area contributed by atoms with Gasteiger partial charge in [-0.3, -0.25) is 4.79 Å². The van der Waals surface area contributed by atoms with Crippen LogP contribution < -0.4 is 9.03 Å². The number of rotatable bonds is 5. The van der Waals surface area contributed by atoms with Crippen molar-refractivity contribution in [1.82, 2.24) is 4.72 Å². The van der Waals surface area contributed by atoms with Gasteiger partial charge in [0.1, 0.15) is 0 Å². The van der Waals surface area contributed by atoms with Crippen LogP contribution >= 0.6 is 0 Å². The van der Waals surface area contributed by atoms with Gasteiger partial charge in [0.05, 0.1) is 16.3 Å². The number of nitrogens with one attached hydrogen (secondary N) is 1.